The van der Waals surface area contributed by atoms with Crippen molar-refractivity contribution in [2.24, 2.45) is 5.73 Å². The molecule has 0 spiro atoms. The Hall–Kier alpha value is -2.69. The summed E-state index contributed by atoms with van der Waals surface area (Å²) in [6.45, 7) is -0.106. The molecule has 11 heteroatoms. The van der Waals surface area contributed by atoms with Crippen LogP contribution in [0.5, 0.6) is 0 Å². The molecule has 0 rings (SSSR count). The Morgan fingerprint density at radius 2 is 1.27 bits per heavy atom. The summed E-state index contributed by atoms with van der Waals surface area (Å²) in [7, 11) is 0. The number of nitrogens with one attached hydrogen (secondary N) is 4. The first kappa shape index (κ1) is 19.3. The van der Waals surface area contributed by atoms with Crippen LogP contribution in [0.1, 0.15) is 6.92 Å². The van der Waals surface area contributed by atoms with Crippen LogP contribution in [0, 0.1) is 0 Å². The number of hydrogen-bond acceptors (Lipinski definition) is 6. The summed E-state index contributed by atoms with van der Waals surface area (Å²) in [5.41, 5.74) is 5.02. The molecule has 0 aliphatic rings. The molecular weight excluding hydrogens is 298 g/mol. The molecule has 11 nitrogen and oxygen atoms in total. The van der Waals surface area contributed by atoms with Crippen molar-refractivity contribution >= 4 is 29.6 Å². The monoisotopic (exact) mass is 317 g/mol. The number of carbonyl (C=O) groups is 5. The molecule has 0 heterocycles. The van der Waals surface area contributed by atoms with E-state index in [1.54, 1.807) is 0 Å². The molecule has 0 fully saturated rings. The standard InChI is InChI=1S/C11H19N5O6/c1-6(11(21)22)16-10(20)5-15-9(19)4-14-8(18)3-13-7(17)2-12/h6H,2-5,12H2,1H3,(H,13,17)(H,14,18)(H,15,19)(H,16,20)(H,21,22). The van der Waals surface area contributed by atoms with Crippen molar-refractivity contribution in [3.8, 4) is 0 Å². The summed E-state index contributed by atoms with van der Waals surface area (Å²) in [6.07, 6.45) is 0. The molecule has 0 bridgehead atoms. The number of hydrogen-bond donors (Lipinski definition) is 6. The molecule has 0 saturated carbocycles. The molecular formula is C11H19N5O6. The van der Waals surface area contributed by atoms with Gasteiger partial charge in [0, 0.05) is 0 Å². The Bertz CT molecular complexity index is 452. The predicted octanol–water partition coefficient (Wildman–Crippen LogP) is -4.12. The Morgan fingerprint density at radius 1 is 0.864 bits per heavy atom. The van der Waals surface area contributed by atoms with Crippen molar-refractivity contribution in [1.82, 2.24) is 21.3 Å². The van der Waals surface area contributed by atoms with E-state index in [9.17, 15) is 24.0 Å². The highest BCUT2D eigenvalue weighted by Gasteiger charge is 2.14. The molecule has 0 aromatic rings. The van der Waals surface area contributed by atoms with Crippen molar-refractivity contribution in [3.05, 3.63) is 0 Å². The van der Waals surface area contributed by atoms with Gasteiger partial charge in [0.2, 0.25) is 23.6 Å². The van der Waals surface area contributed by atoms with E-state index in [0.717, 1.165) is 0 Å². The smallest absolute Gasteiger partial charge is 0.325 e. The van der Waals surface area contributed by atoms with Crippen molar-refractivity contribution < 1.29 is 29.1 Å². The minimum Gasteiger partial charge on any atom is -0.480 e. The fourth-order valence-corrected chi connectivity index (χ4v) is 1.09. The van der Waals surface area contributed by atoms with E-state index in [1.165, 1.54) is 6.92 Å². The van der Waals surface area contributed by atoms with Gasteiger partial charge in [0.1, 0.15) is 6.04 Å². The van der Waals surface area contributed by atoms with Crippen molar-refractivity contribution in [2.45, 2.75) is 13.0 Å². The first-order valence-corrected chi connectivity index (χ1v) is 6.28. The third-order valence-electron chi connectivity index (χ3n) is 2.27. The lowest BCUT2D eigenvalue weighted by molar-refractivity contribution is -0.141. The maximum absolute atomic E-state index is 11.3. The lowest BCUT2D eigenvalue weighted by Crippen LogP contribution is -2.47. The third-order valence-corrected chi connectivity index (χ3v) is 2.27. The lowest BCUT2D eigenvalue weighted by atomic mass is 10.3. The average Bonchev–Trinajstić information content (AvgIpc) is 2.48. The first-order valence-electron chi connectivity index (χ1n) is 6.28. The van der Waals surface area contributed by atoms with Gasteiger partial charge in [-0.2, -0.15) is 0 Å². The van der Waals surface area contributed by atoms with Gasteiger partial charge in [0.25, 0.3) is 0 Å². The molecule has 0 saturated heterocycles. The normalized spacial score (nSPS) is 11.0. The molecule has 0 aliphatic heterocycles. The molecule has 7 N–H and O–H groups in total. The van der Waals surface area contributed by atoms with Gasteiger partial charge in [0.05, 0.1) is 26.2 Å². The maximum atomic E-state index is 11.3. The zero-order chi connectivity index (χ0) is 17.1. The minimum absolute atomic E-state index is 0.252. The van der Waals surface area contributed by atoms with Crippen LogP contribution in [0.4, 0.5) is 0 Å². The quantitative estimate of drug-likeness (QED) is 0.250. The molecule has 0 aromatic heterocycles. The summed E-state index contributed by atoms with van der Waals surface area (Å²) in [5, 5.41) is 17.3. The van der Waals surface area contributed by atoms with E-state index in [1.807, 2.05) is 0 Å². The number of aliphatic carboxylic acids is 1. The molecule has 4 amide bonds. The molecule has 1 atom stereocenters. The van der Waals surface area contributed by atoms with Gasteiger partial charge in [-0.3, -0.25) is 24.0 Å². The van der Waals surface area contributed by atoms with Crippen LogP contribution in [-0.4, -0.2) is 66.9 Å². The summed E-state index contributed by atoms with van der Waals surface area (Å²) < 4.78 is 0. The number of nitrogens with two attached hydrogens (primary N) is 1. The van der Waals surface area contributed by atoms with E-state index >= 15 is 0 Å². The largest absolute Gasteiger partial charge is 0.480 e. The minimum atomic E-state index is -1.20. The van der Waals surface area contributed by atoms with Crippen LogP contribution in [-0.2, 0) is 24.0 Å². The number of carboxylic acids is 1. The molecule has 0 aliphatic carbocycles. The van der Waals surface area contributed by atoms with E-state index in [2.05, 4.69) is 21.3 Å². The maximum Gasteiger partial charge on any atom is 0.325 e. The van der Waals surface area contributed by atoms with E-state index in [4.69, 9.17) is 10.8 Å². The fraction of sp³-hybridized carbons (Fsp3) is 0.545. The number of carbonyl (C=O) groups excluding carboxylic acids is 4. The summed E-state index contributed by atoms with van der Waals surface area (Å²) in [6, 6.07) is -1.07. The predicted molar refractivity (Wildman–Crippen MR) is 73.3 cm³/mol. The van der Waals surface area contributed by atoms with Gasteiger partial charge < -0.3 is 32.1 Å². The Balaban J connectivity index is 3.86. The fourth-order valence-electron chi connectivity index (χ4n) is 1.09. The highest BCUT2D eigenvalue weighted by Crippen LogP contribution is 1.80. The lowest BCUT2D eigenvalue weighted by Gasteiger charge is -2.10. The second-order valence-corrected chi connectivity index (χ2v) is 4.16. The van der Waals surface area contributed by atoms with E-state index in [-0.39, 0.29) is 19.6 Å². The number of amides is 4. The molecule has 0 radical (unpaired) electrons. The van der Waals surface area contributed by atoms with Gasteiger partial charge in [-0.1, -0.05) is 0 Å². The highest BCUT2D eigenvalue weighted by atomic mass is 16.4. The van der Waals surface area contributed by atoms with Gasteiger partial charge in [-0.25, -0.2) is 0 Å². The van der Waals surface area contributed by atoms with Crippen LogP contribution in [0.25, 0.3) is 0 Å². The van der Waals surface area contributed by atoms with Gasteiger partial charge in [-0.05, 0) is 6.92 Å². The van der Waals surface area contributed by atoms with Crippen LogP contribution in [0.2, 0.25) is 0 Å². The highest BCUT2D eigenvalue weighted by molar-refractivity contribution is 5.91. The van der Waals surface area contributed by atoms with Crippen molar-refractivity contribution in [1.29, 1.82) is 0 Å². The van der Waals surface area contributed by atoms with Crippen molar-refractivity contribution in [2.75, 3.05) is 26.2 Å². The van der Waals surface area contributed by atoms with E-state index in [0.29, 0.717) is 0 Å². The SMILES string of the molecule is CC(NC(=O)CNC(=O)CNC(=O)CNC(=O)CN)C(=O)O. The topological polar surface area (TPSA) is 180 Å². The van der Waals surface area contributed by atoms with Crippen LogP contribution >= 0.6 is 0 Å². The first-order chi connectivity index (χ1) is 10.3. The third kappa shape index (κ3) is 9.25. The number of rotatable bonds is 9. The summed E-state index contributed by atoms with van der Waals surface area (Å²) in [4.78, 5) is 55.1. The van der Waals surface area contributed by atoms with Crippen LogP contribution in [0.3, 0.4) is 0 Å². The van der Waals surface area contributed by atoms with E-state index < -0.39 is 42.2 Å². The Morgan fingerprint density at radius 3 is 1.68 bits per heavy atom. The van der Waals surface area contributed by atoms with Crippen LogP contribution < -0.4 is 27.0 Å². The van der Waals surface area contributed by atoms with Gasteiger partial charge in [-0.15, -0.1) is 0 Å². The Kier molecular flexibility index (Phi) is 8.86. The molecule has 0 aromatic carbocycles. The van der Waals surface area contributed by atoms with Crippen molar-refractivity contribution in [3.63, 3.8) is 0 Å². The van der Waals surface area contributed by atoms with Gasteiger partial charge >= 0.3 is 5.97 Å². The zero-order valence-electron chi connectivity index (χ0n) is 12.0. The number of carboxylic acid groups (broad SMARTS) is 1. The average molecular weight is 317 g/mol. The second kappa shape index (κ2) is 10.1. The molecule has 124 valence electrons. The van der Waals surface area contributed by atoms with Gasteiger partial charge in [0.15, 0.2) is 0 Å². The summed E-state index contributed by atoms with van der Waals surface area (Å²) in [5.74, 6) is -3.63. The molecule has 1 unspecified atom stereocenters. The Labute approximate surface area is 126 Å². The second-order valence-electron chi connectivity index (χ2n) is 4.16. The summed E-state index contributed by atoms with van der Waals surface area (Å²) >= 11 is 0. The van der Waals surface area contributed by atoms with Crippen LogP contribution in [0.15, 0.2) is 0 Å². The zero-order valence-corrected chi connectivity index (χ0v) is 12.0. The molecule has 22 heavy (non-hydrogen) atoms.